The summed E-state index contributed by atoms with van der Waals surface area (Å²) in [5.41, 5.74) is 3.89. The maximum Gasteiger partial charge on any atom is 0.272 e. The Morgan fingerprint density at radius 3 is 2.16 bits per heavy atom. The zero-order valence-corrected chi connectivity index (χ0v) is 24.9. The normalized spacial score (nSPS) is 11.8. The Kier molecular flexibility index (Phi) is 9.68. The van der Waals surface area contributed by atoms with Crippen LogP contribution in [0, 0.1) is 6.92 Å². The van der Waals surface area contributed by atoms with Crippen LogP contribution in [0.15, 0.2) is 130 Å². The number of hydrogen-bond acceptors (Lipinski definition) is 6. The quantitative estimate of drug-likeness (QED) is 0.115. The Bertz CT molecular complexity index is 1780. The number of nitrogens with one attached hydrogen (secondary N) is 3. The van der Waals surface area contributed by atoms with Crippen LogP contribution in [0.5, 0.6) is 0 Å². The molecule has 220 valence electrons. The minimum atomic E-state index is -0.490. The van der Waals surface area contributed by atoms with Crippen LogP contribution in [0.25, 0.3) is 17.2 Å². The van der Waals surface area contributed by atoms with Crippen molar-refractivity contribution < 1.29 is 18.9 Å². The van der Waals surface area contributed by atoms with Crippen LogP contribution in [0.1, 0.15) is 28.6 Å². The molecular weight excluding hydrogens is 572 g/mol. The van der Waals surface area contributed by atoms with Gasteiger partial charge in [-0.15, -0.1) is 11.8 Å². The molecule has 0 bridgehead atoms. The highest BCUT2D eigenvalue weighted by Crippen LogP contribution is 2.27. The van der Waals surface area contributed by atoms with Crippen molar-refractivity contribution in [1.82, 2.24) is 10.5 Å². The van der Waals surface area contributed by atoms with Gasteiger partial charge < -0.3 is 20.5 Å². The summed E-state index contributed by atoms with van der Waals surface area (Å²) in [6.07, 6.45) is 1.64. The minimum absolute atomic E-state index is 0.0834. The van der Waals surface area contributed by atoms with Crippen molar-refractivity contribution in [2.45, 2.75) is 24.0 Å². The highest BCUT2D eigenvalue weighted by Gasteiger charge is 2.18. The summed E-state index contributed by atoms with van der Waals surface area (Å²) in [5.74, 6) is -0.172. The molecule has 5 rings (SSSR count). The van der Waals surface area contributed by atoms with E-state index in [1.54, 1.807) is 68.5 Å². The van der Waals surface area contributed by atoms with Gasteiger partial charge in [-0.05, 0) is 66.9 Å². The van der Waals surface area contributed by atoms with Crippen LogP contribution in [-0.2, 0) is 9.59 Å². The van der Waals surface area contributed by atoms with E-state index in [0.717, 1.165) is 21.6 Å². The van der Waals surface area contributed by atoms with Crippen molar-refractivity contribution in [1.29, 1.82) is 0 Å². The topological polar surface area (TPSA) is 113 Å². The van der Waals surface area contributed by atoms with Crippen molar-refractivity contribution >= 4 is 47.1 Å². The van der Waals surface area contributed by atoms with Gasteiger partial charge in [0.05, 0.1) is 5.25 Å². The van der Waals surface area contributed by atoms with Crippen molar-refractivity contribution in [3.8, 4) is 11.1 Å². The van der Waals surface area contributed by atoms with Gasteiger partial charge in [-0.25, -0.2) is 0 Å². The van der Waals surface area contributed by atoms with Crippen LogP contribution in [0.2, 0.25) is 0 Å². The molecule has 1 atom stereocenters. The fourth-order valence-electron chi connectivity index (χ4n) is 4.27. The van der Waals surface area contributed by atoms with E-state index in [9.17, 15) is 14.4 Å². The molecule has 1 unspecified atom stereocenters. The Labute approximate surface area is 259 Å². The van der Waals surface area contributed by atoms with Gasteiger partial charge in [0.15, 0.2) is 5.82 Å². The summed E-state index contributed by atoms with van der Waals surface area (Å²) >= 11 is 1.33. The first-order valence-corrected chi connectivity index (χ1v) is 14.8. The number of anilines is 2. The fraction of sp³-hybridized carbons (Fsp3) is 0.0857. The molecule has 0 aliphatic carbocycles. The molecule has 0 saturated carbocycles. The second kappa shape index (κ2) is 14.2. The number of aryl methyl sites for hydroxylation is 1. The maximum atomic E-state index is 13.5. The lowest BCUT2D eigenvalue weighted by atomic mass is 10.0. The average Bonchev–Trinajstić information content (AvgIpc) is 3.46. The highest BCUT2D eigenvalue weighted by atomic mass is 32.2. The van der Waals surface area contributed by atoms with Gasteiger partial charge >= 0.3 is 0 Å². The number of carbonyl (C=O) groups excluding carboxylic acids is 3. The predicted octanol–water partition coefficient (Wildman–Crippen LogP) is 7.18. The Balaban J connectivity index is 1.32. The number of hydrogen-bond donors (Lipinski definition) is 3. The number of carbonyl (C=O) groups is 3. The second-order valence-corrected chi connectivity index (χ2v) is 11.3. The van der Waals surface area contributed by atoms with Crippen molar-refractivity contribution in [2.24, 2.45) is 0 Å². The van der Waals surface area contributed by atoms with Gasteiger partial charge in [0, 0.05) is 22.2 Å². The van der Waals surface area contributed by atoms with E-state index in [2.05, 4.69) is 21.1 Å². The van der Waals surface area contributed by atoms with Crippen molar-refractivity contribution in [3.63, 3.8) is 0 Å². The van der Waals surface area contributed by atoms with Gasteiger partial charge in [0.2, 0.25) is 5.91 Å². The molecule has 9 heteroatoms. The van der Waals surface area contributed by atoms with Gasteiger partial charge in [0.1, 0.15) is 11.5 Å². The summed E-state index contributed by atoms with van der Waals surface area (Å²) in [6.45, 7) is 3.52. The summed E-state index contributed by atoms with van der Waals surface area (Å²) in [6, 6.07) is 35.2. The van der Waals surface area contributed by atoms with E-state index >= 15 is 0 Å². The lowest BCUT2D eigenvalue weighted by Crippen LogP contribution is -2.30. The lowest BCUT2D eigenvalue weighted by molar-refractivity contribution is -0.115. The van der Waals surface area contributed by atoms with Crippen molar-refractivity contribution in [3.05, 3.63) is 138 Å². The van der Waals surface area contributed by atoms with E-state index in [1.165, 1.54) is 11.8 Å². The molecule has 8 nitrogen and oxygen atoms in total. The van der Waals surface area contributed by atoms with Crippen LogP contribution in [-0.4, -0.2) is 28.1 Å². The van der Waals surface area contributed by atoms with Gasteiger partial charge in [-0.2, -0.15) is 0 Å². The van der Waals surface area contributed by atoms with E-state index in [-0.39, 0.29) is 11.6 Å². The van der Waals surface area contributed by atoms with Gasteiger partial charge in [-0.1, -0.05) is 84.0 Å². The fourth-order valence-corrected chi connectivity index (χ4v) is 5.19. The first-order valence-electron chi connectivity index (χ1n) is 13.9. The highest BCUT2D eigenvalue weighted by molar-refractivity contribution is 8.00. The third-order valence-electron chi connectivity index (χ3n) is 6.51. The third-order valence-corrected chi connectivity index (χ3v) is 7.60. The number of aromatic nitrogens is 1. The van der Waals surface area contributed by atoms with Crippen LogP contribution in [0.4, 0.5) is 11.5 Å². The molecule has 5 aromatic rings. The van der Waals surface area contributed by atoms with E-state index in [1.807, 2.05) is 66.7 Å². The molecule has 4 aromatic carbocycles. The standard InChI is InChI=1S/C35H30N4O4S/c1-23-20-32(39-43-23)38-33(40)24(2)44-30-15-9-14-29(22-30)36-35(42)31(37-34(41)28-12-7-4-8-13-28)21-25-16-18-27(19-17-25)26-10-5-3-6-11-26/h3-22,24H,1-2H3,(H,36,42)(H,37,41)(H,38,39,40)/b31-21+. The third kappa shape index (κ3) is 8.11. The maximum absolute atomic E-state index is 13.5. The van der Waals surface area contributed by atoms with Gasteiger partial charge in [-0.3, -0.25) is 14.4 Å². The molecule has 3 N–H and O–H groups in total. The Hall–Kier alpha value is -5.41. The summed E-state index contributed by atoms with van der Waals surface area (Å²) in [7, 11) is 0. The van der Waals surface area contributed by atoms with Crippen molar-refractivity contribution in [2.75, 3.05) is 10.6 Å². The zero-order valence-electron chi connectivity index (χ0n) is 24.1. The molecule has 0 spiro atoms. The molecule has 0 aliphatic heterocycles. The van der Waals surface area contributed by atoms with Crippen LogP contribution < -0.4 is 16.0 Å². The number of thioether (sulfide) groups is 1. The first kappa shape index (κ1) is 30.1. The molecule has 0 aliphatic rings. The molecular formula is C35H30N4O4S. The van der Waals surface area contributed by atoms with Crippen LogP contribution >= 0.6 is 11.8 Å². The number of rotatable bonds is 10. The van der Waals surface area contributed by atoms with Crippen LogP contribution in [0.3, 0.4) is 0 Å². The lowest BCUT2D eigenvalue weighted by Gasteiger charge is -2.14. The average molecular weight is 603 g/mol. The molecule has 0 fully saturated rings. The molecule has 1 heterocycles. The smallest absolute Gasteiger partial charge is 0.272 e. The zero-order chi connectivity index (χ0) is 30.9. The number of nitrogens with zero attached hydrogens (tertiary/aromatic N) is 1. The summed E-state index contributed by atoms with van der Waals surface area (Å²) < 4.78 is 5.00. The van der Waals surface area contributed by atoms with E-state index < -0.39 is 17.1 Å². The monoisotopic (exact) mass is 602 g/mol. The largest absolute Gasteiger partial charge is 0.360 e. The molecule has 3 amide bonds. The molecule has 44 heavy (non-hydrogen) atoms. The van der Waals surface area contributed by atoms with E-state index in [4.69, 9.17) is 4.52 Å². The number of benzene rings is 4. The molecule has 0 saturated heterocycles. The molecule has 0 radical (unpaired) electrons. The number of amides is 3. The van der Waals surface area contributed by atoms with E-state index in [0.29, 0.717) is 22.8 Å². The Morgan fingerprint density at radius 2 is 1.48 bits per heavy atom. The Morgan fingerprint density at radius 1 is 0.795 bits per heavy atom. The molecule has 1 aromatic heterocycles. The summed E-state index contributed by atoms with van der Waals surface area (Å²) in [4.78, 5) is 40.0. The SMILES string of the molecule is Cc1cc(NC(=O)C(C)Sc2cccc(NC(=O)/C(=C\c3ccc(-c4ccccc4)cc3)NC(=O)c3ccccc3)c2)no1. The predicted molar refractivity (Wildman–Crippen MR) is 174 cm³/mol. The second-order valence-electron chi connectivity index (χ2n) is 9.92. The minimum Gasteiger partial charge on any atom is -0.360 e. The first-order chi connectivity index (χ1) is 21.3. The summed E-state index contributed by atoms with van der Waals surface area (Å²) in [5, 5.41) is 11.7. The van der Waals surface area contributed by atoms with Gasteiger partial charge in [0.25, 0.3) is 11.8 Å².